The van der Waals surface area contributed by atoms with Crippen LogP contribution in [0.15, 0.2) is 48.8 Å². The largest absolute Gasteiger partial charge is 0.493 e. The minimum atomic E-state index is -0.111. The number of aromatic nitrogens is 3. The number of likely N-dealkylation sites (tertiary alicyclic amines) is 1. The first-order valence-corrected chi connectivity index (χ1v) is 12.5. The van der Waals surface area contributed by atoms with Crippen LogP contribution in [0.4, 0.5) is 0 Å². The van der Waals surface area contributed by atoms with E-state index in [1.807, 2.05) is 47.1 Å². The van der Waals surface area contributed by atoms with E-state index in [4.69, 9.17) is 14.2 Å². The Balaban J connectivity index is 1.36. The maximum atomic E-state index is 13.0. The summed E-state index contributed by atoms with van der Waals surface area (Å²) < 4.78 is 19.9. The summed E-state index contributed by atoms with van der Waals surface area (Å²) >= 11 is 0. The van der Waals surface area contributed by atoms with Crippen molar-refractivity contribution in [2.75, 3.05) is 20.2 Å². The fourth-order valence-corrected chi connectivity index (χ4v) is 4.88. The van der Waals surface area contributed by atoms with E-state index in [1.165, 1.54) is 0 Å². The Hall–Kier alpha value is -3.43. The number of piperidine rings is 1. The molecule has 4 bridgehead atoms. The van der Waals surface area contributed by atoms with Crippen molar-refractivity contribution in [2.24, 2.45) is 0 Å². The molecule has 36 heavy (non-hydrogen) atoms. The summed E-state index contributed by atoms with van der Waals surface area (Å²) in [6.45, 7) is 5.54. The number of methoxy groups -OCH3 is 1. The number of nitrogens with one attached hydrogen (secondary N) is 1. The zero-order valence-corrected chi connectivity index (χ0v) is 20.9. The van der Waals surface area contributed by atoms with E-state index in [0.29, 0.717) is 44.0 Å². The van der Waals surface area contributed by atoms with Gasteiger partial charge in [0.2, 0.25) is 5.91 Å². The van der Waals surface area contributed by atoms with Gasteiger partial charge in [-0.3, -0.25) is 9.69 Å². The van der Waals surface area contributed by atoms with Gasteiger partial charge in [0.25, 0.3) is 0 Å². The van der Waals surface area contributed by atoms with Gasteiger partial charge in [-0.05, 0) is 55.2 Å². The summed E-state index contributed by atoms with van der Waals surface area (Å²) in [6.07, 6.45) is 3.33. The van der Waals surface area contributed by atoms with Gasteiger partial charge in [-0.15, -0.1) is 0 Å². The summed E-state index contributed by atoms with van der Waals surface area (Å²) in [5.74, 6) is 2.96. The van der Waals surface area contributed by atoms with Gasteiger partial charge in [-0.1, -0.05) is 18.2 Å². The van der Waals surface area contributed by atoms with Crippen LogP contribution in [-0.4, -0.2) is 57.9 Å². The lowest BCUT2D eigenvalue weighted by atomic mass is 10.0. The van der Waals surface area contributed by atoms with Crippen molar-refractivity contribution < 1.29 is 19.0 Å². The van der Waals surface area contributed by atoms with Crippen molar-refractivity contribution in [3.63, 3.8) is 0 Å². The van der Waals surface area contributed by atoms with Crippen LogP contribution in [-0.2, 0) is 35.6 Å². The number of benzene rings is 2. The summed E-state index contributed by atoms with van der Waals surface area (Å²) in [6, 6.07) is 13.6. The number of hydrogen-bond acceptors (Lipinski definition) is 7. The fraction of sp³-hybridized carbons (Fsp3) is 0.444. The standard InChI is InChI=1S/C27H33N5O4/c1-3-32-26(28-18-29-32)16-31-12-11-23-22(15-31)30-27(33)10-8-19-7-9-24(34-2)25(14-19)36-21-6-4-5-20(13-21)17-35-23/h4-7,9,13-14,18,22-23H,3,8,10-12,15-17H2,1-2H3,(H,30,33)/t22-,23+/m0/s1. The van der Waals surface area contributed by atoms with Gasteiger partial charge in [0.1, 0.15) is 17.9 Å². The molecule has 9 nitrogen and oxygen atoms in total. The van der Waals surface area contributed by atoms with Crippen molar-refractivity contribution in [1.82, 2.24) is 25.0 Å². The van der Waals surface area contributed by atoms with Crippen molar-refractivity contribution in [3.05, 3.63) is 65.7 Å². The van der Waals surface area contributed by atoms with Gasteiger partial charge in [-0.25, -0.2) is 9.67 Å². The van der Waals surface area contributed by atoms with Crippen LogP contribution in [0, 0.1) is 0 Å². The first kappa shape index (κ1) is 24.3. The molecule has 0 spiro atoms. The maximum Gasteiger partial charge on any atom is 0.220 e. The molecule has 1 N–H and O–H groups in total. The molecule has 3 aromatic rings. The van der Waals surface area contributed by atoms with Crippen LogP contribution in [0.2, 0.25) is 0 Å². The monoisotopic (exact) mass is 491 g/mol. The number of amides is 1. The molecule has 1 amide bonds. The van der Waals surface area contributed by atoms with Crippen LogP contribution in [0.25, 0.3) is 0 Å². The average Bonchev–Trinajstić information content (AvgIpc) is 3.34. The van der Waals surface area contributed by atoms with Crippen LogP contribution < -0.4 is 14.8 Å². The van der Waals surface area contributed by atoms with E-state index in [0.717, 1.165) is 42.2 Å². The van der Waals surface area contributed by atoms with Gasteiger partial charge >= 0.3 is 0 Å². The third-order valence-electron chi connectivity index (χ3n) is 6.80. The number of ether oxygens (including phenoxy) is 3. The minimum Gasteiger partial charge on any atom is -0.493 e. The molecule has 3 heterocycles. The van der Waals surface area contributed by atoms with E-state index in [1.54, 1.807) is 13.4 Å². The van der Waals surface area contributed by atoms with Gasteiger partial charge in [0.15, 0.2) is 11.5 Å². The van der Waals surface area contributed by atoms with E-state index >= 15 is 0 Å². The third kappa shape index (κ3) is 5.68. The molecule has 2 atom stereocenters. The molecule has 190 valence electrons. The SMILES string of the molecule is CCn1ncnc1CN1CC[C@H]2OCc3cccc(c3)Oc3cc(ccc3OC)CCC(=O)N[C@H]2C1. The van der Waals surface area contributed by atoms with E-state index in [2.05, 4.69) is 27.2 Å². The zero-order valence-electron chi connectivity index (χ0n) is 20.9. The topological polar surface area (TPSA) is 90.7 Å². The van der Waals surface area contributed by atoms with Crippen molar-refractivity contribution in [2.45, 2.75) is 58.0 Å². The quantitative estimate of drug-likeness (QED) is 0.599. The first-order valence-electron chi connectivity index (χ1n) is 12.5. The summed E-state index contributed by atoms with van der Waals surface area (Å²) in [5.41, 5.74) is 2.03. The molecule has 9 heteroatoms. The highest BCUT2D eigenvalue weighted by atomic mass is 16.5. The smallest absolute Gasteiger partial charge is 0.220 e. The lowest BCUT2D eigenvalue weighted by Crippen LogP contribution is -2.55. The van der Waals surface area contributed by atoms with Crippen molar-refractivity contribution in [1.29, 1.82) is 0 Å². The molecular weight excluding hydrogens is 458 g/mol. The summed E-state index contributed by atoms with van der Waals surface area (Å²) in [7, 11) is 1.62. The number of nitrogens with zero attached hydrogens (tertiary/aromatic N) is 4. The fourth-order valence-electron chi connectivity index (χ4n) is 4.88. The molecule has 2 aliphatic rings. The second-order valence-electron chi connectivity index (χ2n) is 9.27. The van der Waals surface area contributed by atoms with Crippen molar-refractivity contribution in [3.8, 4) is 17.2 Å². The van der Waals surface area contributed by atoms with Crippen LogP contribution in [0.5, 0.6) is 17.2 Å². The Morgan fingerprint density at radius 1 is 1.17 bits per heavy atom. The Bertz CT molecular complexity index is 1200. The molecular formula is C27H33N5O4. The molecule has 2 aromatic carbocycles. The Morgan fingerprint density at radius 3 is 2.94 bits per heavy atom. The molecule has 2 aliphatic heterocycles. The predicted octanol–water partition coefficient (Wildman–Crippen LogP) is 3.32. The summed E-state index contributed by atoms with van der Waals surface area (Å²) in [4.78, 5) is 19.7. The number of fused-ring (bicyclic) bond motifs is 5. The molecule has 0 radical (unpaired) electrons. The van der Waals surface area contributed by atoms with E-state index in [-0.39, 0.29) is 18.1 Å². The molecule has 1 fully saturated rings. The van der Waals surface area contributed by atoms with Gasteiger partial charge in [-0.2, -0.15) is 5.10 Å². The lowest BCUT2D eigenvalue weighted by molar-refractivity contribution is -0.124. The number of rotatable bonds is 4. The molecule has 0 unspecified atom stereocenters. The van der Waals surface area contributed by atoms with E-state index in [9.17, 15) is 4.79 Å². The Labute approximate surface area is 211 Å². The van der Waals surface area contributed by atoms with Gasteiger partial charge in [0.05, 0.1) is 32.4 Å². The number of aryl methyl sites for hydroxylation is 2. The third-order valence-corrected chi connectivity index (χ3v) is 6.80. The predicted molar refractivity (Wildman–Crippen MR) is 134 cm³/mol. The Kier molecular flexibility index (Phi) is 7.48. The summed E-state index contributed by atoms with van der Waals surface area (Å²) in [5, 5.41) is 7.55. The molecule has 0 aliphatic carbocycles. The first-order chi connectivity index (χ1) is 17.6. The highest BCUT2D eigenvalue weighted by Gasteiger charge is 2.32. The number of carbonyl (C=O) groups is 1. The van der Waals surface area contributed by atoms with E-state index < -0.39 is 0 Å². The molecule has 0 saturated carbocycles. The second-order valence-corrected chi connectivity index (χ2v) is 9.27. The lowest BCUT2D eigenvalue weighted by Gasteiger charge is -2.38. The zero-order chi connectivity index (χ0) is 24.9. The van der Waals surface area contributed by atoms with Gasteiger partial charge in [0, 0.05) is 26.1 Å². The Morgan fingerprint density at radius 2 is 2.08 bits per heavy atom. The molecule has 1 saturated heterocycles. The normalized spacial score (nSPS) is 20.9. The number of hydrogen-bond donors (Lipinski definition) is 1. The van der Waals surface area contributed by atoms with Crippen LogP contribution in [0.1, 0.15) is 36.7 Å². The van der Waals surface area contributed by atoms with Crippen molar-refractivity contribution >= 4 is 5.91 Å². The van der Waals surface area contributed by atoms with Crippen LogP contribution in [0.3, 0.4) is 0 Å². The maximum absolute atomic E-state index is 13.0. The highest BCUT2D eigenvalue weighted by Crippen LogP contribution is 2.33. The second kappa shape index (κ2) is 11.1. The molecule has 5 rings (SSSR count). The average molecular weight is 492 g/mol. The molecule has 1 aromatic heterocycles. The van der Waals surface area contributed by atoms with Gasteiger partial charge < -0.3 is 19.5 Å². The number of carbonyl (C=O) groups excluding carboxylic acids is 1. The minimum absolute atomic E-state index is 0.0147. The highest BCUT2D eigenvalue weighted by molar-refractivity contribution is 5.76. The van der Waals surface area contributed by atoms with Crippen LogP contribution >= 0.6 is 0 Å².